The van der Waals surface area contributed by atoms with Gasteiger partial charge in [0.15, 0.2) is 11.5 Å². The van der Waals surface area contributed by atoms with Gasteiger partial charge in [0.1, 0.15) is 5.82 Å². The number of ether oxygens (including phenoxy) is 2. The van der Waals surface area contributed by atoms with E-state index >= 15 is 0 Å². The molecule has 2 aromatic rings. The van der Waals surface area contributed by atoms with E-state index in [2.05, 4.69) is 17.1 Å². The molecule has 1 aliphatic rings. The van der Waals surface area contributed by atoms with E-state index in [1.165, 1.54) is 0 Å². The molecule has 0 saturated carbocycles. The van der Waals surface area contributed by atoms with Gasteiger partial charge in [-0.1, -0.05) is 18.5 Å². The highest BCUT2D eigenvalue weighted by Crippen LogP contribution is 2.44. The predicted molar refractivity (Wildman–Crippen MR) is 78.4 cm³/mol. The van der Waals surface area contributed by atoms with Gasteiger partial charge < -0.3 is 15.2 Å². The fourth-order valence-electron chi connectivity index (χ4n) is 2.41. The summed E-state index contributed by atoms with van der Waals surface area (Å²) in [5.74, 6) is 1.82. The standard InChI is InChI=1S/C14H16ClN3O2/c1-2-8-9(11-7-12(16)18-17-11)6-10(15)14-13(8)19-4-3-5-20-14/h6-7H,2-5H2,1H3,(H3,16,17,18). The first-order valence-corrected chi connectivity index (χ1v) is 7.00. The molecule has 6 heteroatoms. The zero-order chi connectivity index (χ0) is 14.1. The van der Waals surface area contributed by atoms with Gasteiger partial charge >= 0.3 is 0 Å². The van der Waals surface area contributed by atoms with Crippen LogP contribution in [0.25, 0.3) is 11.3 Å². The van der Waals surface area contributed by atoms with Gasteiger partial charge in [-0.3, -0.25) is 5.10 Å². The number of fused-ring (bicyclic) bond motifs is 1. The quantitative estimate of drug-likeness (QED) is 0.892. The van der Waals surface area contributed by atoms with Crippen molar-refractivity contribution < 1.29 is 9.47 Å². The number of nitrogens with one attached hydrogen (secondary N) is 1. The first-order valence-electron chi connectivity index (χ1n) is 6.63. The maximum Gasteiger partial charge on any atom is 0.180 e. The number of anilines is 1. The van der Waals surface area contributed by atoms with E-state index in [1.807, 2.05) is 6.07 Å². The van der Waals surface area contributed by atoms with E-state index < -0.39 is 0 Å². The number of nitrogens with zero attached hydrogens (tertiary/aromatic N) is 1. The number of hydrogen-bond acceptors (Lipinski definition) is 4. The number of aromatic nitrogens is 2. The van der Waals surface area contributed by atoms with Crippen molar-refractivity contribution in [1.82, 2.24) is 10.2 Å². The Balaban J connectivity index is 2.20. The zero-order valence-corrected chi connectivity index (χ0v) is 12.0. The molecule has 3 N–H and O–H groups in total. The number of nitrogen functional groups attached to an aromatic ring is 1. The zero-order valence-electron chi connectivity index (χ0n) is 11.2. The summed E-state index contributed by atoms with van der Waals surface area (Å²) in [6, 6.07) is 3.66. The largest absolute Gasteiger partial charge is 0.489 e. The van der Waals surface area contributed by atoms with Crippen molar-refractivity contribution >= 4 is 17.4 Å². The lowest BCUT2D eigenvalue weighted by Crippen LogP contribution is -2.00. The summed E-state index contributed by atoms with van der Waals surface area (Å²) < 4.78 is 11.6. The lowest BCUT2D eigenvalue weighted by atomic mass is 10.0. The minimum Gasteiger partial charge on any atom is -0.489 e. The molecule has 3 rings (SSSR count). The molecule has 0 radical (unpaired) electrons. The van der Waals surface area contributed by atoms with Crippen LogP contribution in [0.4, 0.5) is 5.82 Å². The van der Waals surface area contributed by atoms with Gasteiger partial charge in [-0.15, -0.1) is 0 Å². The first kappa shape index (κ1) is 13.1. The second kappa shape index (κ2) is 5.25. The minimum atomic E-state index is 0.449. The first-order chi connectivity index (χ1) is 9.70. The third kappa shape index (κ3) is 2.18. The smallest absolute Gasteiger partial charge is 0.180 e. The molecule has 20 heavy (non-hydrogen) atoms. The van der Waals surface area contributed by atoms with E-state index in [1.54, 1.807) is 6.07 Å². The van der Waals surface area contributed by atoms with E-state index in [4.69, 9.17) is 26.8 Å². The summed E-state index contributed by atoms with van der Waals surface area (Å²) >= 11 is 6.33. The Hall–Kier alpha value is -1.88. The Morgan fingerprint density at radius 1 is 1.30 bits per heavy atom. The molecule has 0 spiro atoms. The third-order valence-electron chi connectivity index (χ3n) is 3.32. The molecule has 1 aromatic carbocycles. The minimum absolute atomic E-state index is 0.449. The third-order valence-corrected chi connectivity index (χ3v) is 3.60. The van der Waals surface area contributed by atoms with Gasteiger partial charge in [-0.05, 0) is 12.5 Å². The fraction of sp³-hybridized carbons (Fsp3) is 0.357. The Bertz CT molecular complexity index is 640. The molecule has 1 aromatic heterocycles. The number of rotatable bonds is 2. The number of halogens is 1. The van der Waals surface area contributed by atoms with Gasteiger partial charge in [-0.25, -0.2) is 0 Å². The highest BCUT2D eigenvalue weighted by molar-refractivity contribution is 6.32. The van der Waals surface area contributed by atoms with Gasteiger partial charge in [-0.2, -0.15) is 5.10 Å². The summed E-state index contributed by atoms with van der Waals surface area (Å²) in [5, 5.41) is 7.43. The summed E-state index contributed by atoms with van der Waals surface area (Å²) in [7, 11) is 0. The van der Waals surface area contributed by atoms with Crippen LogP contribution in [0.5, 0.6) is 11.5 Å². The van der Waals surface area contributed by atoms with Crippen LogP contribution < -0.4 is 15.2 Å². The molecule has 0 atom stereocenters. The molecular weight excluding hydrogens is 278 g/mol. The second-order valence-electron chi connectivity index (χ2n) is 4.65. The van der Waals surface area contributed by atoms with Gasteiger partial charge in [0.25, 0.3) is 0 Å². The lowest BCUT2D eigenvalue weighted by molar-refractivity contribution is 0.296. The summed E-state index contributed by atoms with van der Waals surface area (Å²) in [6.45, 7) is 3.32. The molecule has 0 aliphatic carbocycles. The topological polar surface area (TPSA) is 73.2 Å². The monoisotopic (exact) mass is 293 g/mol. The Kier molecular flexibility index (Phi) is 3.44. The summed E-state index contributed by atoms with van der Waals surface area (Å²) in [4.78, 5) is 0. The van der Waals surface area contributed by atoms with Crippen molar-refractivity contribution in [3.63, 3.8) is 0 Å². The lowest BCUT2D eigenvalue weighted by Gasteiger charge is -2.16. The van der Waals surface area contributed by atoms with Gasteiger partial charge in [0.2, 0.25) is 0 Å². The highest BCUT2D eigenvalue weighted by atomic mass is 35.5. The number of aromatic amines is 1. The van der Waals surface area contributed by atoms with Crippen molar-refractivity contribution in [3.05, 3.63) is 22.7 Å². The second-order valence-corrected chi connectivity index (χ2v) is 5.06. The number of benzene rings is 1. The molecule has 0 saturated heterocycles. The van der Waals surface area contributed by atoms with E-state index in [0.717, 1.165) is 35.4 Å². The van der Waals surface area contributed by atoms with Crippen LogP contribution in [0, 0.1) is 0 Å². The van der Waals surface area contributed by atoms with Crippen molar-refractivity contribution in [3.8, 4) is 22.8 Å². The number of hydrogen-bond donors (Lipinski definition) is 2. The molecule has 0 amide bonds. The highest BCUT2D eigenvalue weighted by Gasteiger charge is 2.22. The van der Waals surface area contributed by atoms with Gasteiger partial charge in [0.05, 0.1) is 23.9 Å². The van der Waals surface area contributed by atoms with E-state index in [9.17, 15) is 0 Å². The van der Waals surface area contributed by atoms with Gasteiger partial charge in [0, 0.05) is 23.6 Å². The van der Waals surface area contributed by atoms with Crippen LogP contribution in [0.2, 0.25) is 5.02 Å². The summed E-state index contributed by atoms with van der Waals surface area (Å²) in [5.41, 5.74) is 8.51. The maximum atomic E-state index is 6.33. The fourth-order valence-corrected chi connectivity index (χ4v) is 2.66. The van der Waals surface area contributed by atoms with E-state index in [-0.39, 0.29) is 0 Å². The van der Waals surface area contributed by atoms with E-state index in [0.29, 0.717) is 29.8 Å². The van der Waals surface area contributed by atoms with Crippen molar-refractivity contribution in [2.75, 3.05) is 18.9 Å². The Morgan fingerprint density at radius 2 is 2.05 bits per heavy atom. The molecule has 2 heterocycles. The SMILES string of the molecule is CCc1c(-c2cc(N)n[nH]2)cc(Cl)c2c1OCCCO2. The average molecular weight is 294 g/mol. The maximum absolute atomic E-state index is 6.33. The number of H-pyrrole nitrogens is 1. The van der Waals surface area contributed by atoms with Crippen LogP contribution in [0.3, 0.4) is 0 Å². The molecule has 0 bridgehead atoms. The van der Waals surface area contributed by atoms with Crippen LogP contribution in [0.1, 0.15) is 18.9 Å². The summed E-state index contributed by atoms with van der Waals surface area (Å²) in [6.07, 6.45) is 1.65. The normalized spacial score (nSPS) is 14.1. The Morgan fingerprint density at radius 3 is 2.70 bits per heavy atom. The molecule has 1 aliphatic heterocycles. The van der Waals surface area contributed by atoms with Crippen molar-refractivity contribution in [1.29, 1.82) is 0 Å². The van der Waals surface area contributed by atoms with Crippen LogP contribution in [-0.2, 0) is 6.42 Å². The molecule has 0 unspecified atom stereocenters. The van der Waals surface area contributed by atoms with Crippen LogP contribution >= 0.6 is 11.6 Å². The average Bonchev–Trinajstić information content (AvgIpc) is 2.72. The molecule has 106 valence electrons. The molecular formula is C14H16ClN3O2. The number of nitrogens with two attached hydrogens (primary N) is 1. The van der Waals surface area contributed by atoms with Crippen LogP contribution in [-0.4, -0.2) is 23.4 Å². The van der Waals surface area contributed by atoms with Crippen molar-refractivity contribution in [2.24, 2.45) is 0 Å². The molecule has 5 nitrogen and oxygen atoms in total. The predicted octanol–water partition coefficient (Wildman–Crippen LogP) is 3.04. The Labute approximate surface area is 122 Å². The molecule has 0 fully saturated rings. The van der Waals surface area contributed by atoms with Crippen molar-refractivity contribution in [2.45, 2.75) is 19.8 Å². The van der Waals surface area contributed by atoms with Crippen LogP contribution in [0.15, 0.2) is 12.1 Å².